The van der Waals surface area contributed by atoms with Crippen LogP contribution in [0.3, 0.4) is 0 Å². The minimum absolute atomic E-state index is 0.255. The van der Waals surface area contributed by atoms with E-state index in [-0.39, 0.29) is 5.69 Å². The lowest BCUT2D eigenvalue weighted by molar-refractivity contribution is -0.137. The molecule has 120 valence electrons. The van der Waals surface area contributed by atoms with Crippen LogP contribution in [0, 0.1) is 0 Å². The molecule has 1 heterocycles. The van der Waals surface area contributed by atoms with Crippen molar-refractivity contribution >= 4 is 41.6 Å². The number of carbonyl (C=O) groups is 1. The van der Waals surface area contributed by atoms with Gasteiger partial charge in [-0.25, -0.2) is 4.79 Å². The molecule has 0 fully saturated rings. The number of urea groups is 1. The topological polar surface area (TPSA) is 56.9 Å². The minimum atomic E-state index is -4.41. The van der Waals surface area contributed by atoms with Crippen molar-refractivity contribution in [3.8, 4) is 0 Å². The number of halogens is 3. The van der Waals surface area contributed by atoms with Crippen LogP contribution in [0.25, 0.3) is 10.9 Å². The summed E-state index contributed by atoms with van der Waals surface area (Å²) < 4.78 is 37.5. The number of anilines is 2. The fraction of sp³-hybridized carbons (Fsp3) is 0.0625. The molecular formula is C16H11BF3N3O. The minimum Gasteiger partial charge on any atom is -0.362 e. The summed E-state index contributed by atoms with van der Waals surface area (Å²) in [5.41, 5.74) is 1.37. The summed E-state index contributed by atoms with van der Waals surface area (Å²) in [4.78, 5) is 14.9. The zero-order valence-corrected chi connectivity index (χ0v) is 12.2. The van der Waals surface area contributed by atoms with E-state index in [9.17, 15) is 18.0 Å². The quantitative estimate of drug-likeness (QED) is 0.618. The van der Waals surface area contributed by atoms with Gasteiger partial charge in [-0.15, -0.1) is 0 Å². The number of alkyl halides is 3. The molecule has 4 nitrogen and oxygen atoms in total. The first kappa shape index (κ1) is 16.0. The molecule has 2 amide bonds. The molecule has 3 rings (SSSR count). The van der Waals surface area contributed by atoms with Gasteiger partial charge in [0.1, 0.15) is 7.85 Å². The van der Waals surface area contributed by atoms with Gasteiger partial charge in [0.25, 0.3) is 0 Å². The number of hydrogen-bond acceptors (Lipinski definition) is 1. The fourth-order valence-corrected chi connectivity index (χ4v) is 2.26. The molecular weight excluding hydrogens is 318 g/mol. The molecule has 3 aromatic rings. The molecule has 24 heavy (non-hydrogen) atoms. The number of nitrogens with one attached hydrogen (secondary N) is 3. The fourth-order valence-electron chi connectivity index (χ4n) is 2.26. The van der Waals surface area contributed by atoms with Crippen molar-refractivity contribution < 1.29 is 18.0 Å². The lowest BCUT2D eigenvalue weighted by Gasteiger charge is -2.10. The molecule has 0 aliphatic rings. The Hall–Kier alpha value is -2.90. The number of H-pyrrole nitrogens is 1. The van der Waals surface area contributed by atoms with Crippen LogP contribution in [0.2, 0.25) is 0 Å². The summed E-state index contributed by atoms with van der Waals surface area (Å²) in [6.07, 6.45) is -2.76. The van der Waals surface area contributed by atoms with Gasteiger partial charge in [-0.05, 0) is 48.0 Å². The molecule has 0 aliphatic heterocycles. The van der Waals surface area contributed by atoms with Crippen molar-refractivity contribution in [1.82, 2.24) is 4.98 Å². The van der Waals surface area contributed by atoms with Crippen LogP contribution >= 0.6 is 0 Å². The van der Waals surface area contributed by atoms with Crippen LogP contribution < -0.4 is 16.1 Å². The molecule has 0 bridgehead atoms. The maximum atomic E-state index is 12.5. The molecule has 0 atom stereocenters. The number of amides is 2. The van der Waals surface area contributed by atoms with Crippen LogP contribution in [0.15, 0.2) is 48.7 Å². The molecule has 3 N–H and O–H groups in total. The Balaban J connectivity index is 1.68. The maximum Gasteiger partial charge on any atom is 0.416 e. The molecule has 8 heteroatoms. The van der Waals surface area contributed by atoms with E-state index in [1.165, 1.54) is 12.1 Å². The van der Waals surface area contributed by atoms with Crippen LogP contribution in [0.4, 0.5) is 29.3 Å². The second-order valence-electron chi connectivity index (χ2n) is 5.16. The monoisotopic (exact) mass is 329 g/mol. The van der Waals surface area contributed by atoms with Crippen molar-refractivity contribution in [2.75, 3.05) is 10.6 Å². The van der Waals surface area contributed by atoms with Crippen LogP contribution in [0.1, 0.15) is 5.56 Å². The summed E-state index contributed by atoms with van der Waals surface area (Å²) in [5.74, 6) is 0. The van der Waals surface area contributed by atoms with Gasteiger partial charge in [0.05, 0.1) is 5.56 Å². The van der Waals surface area contributed by atoms with E-state index < -0.39 is 17.8 Å². The number of aromatic amines is 1. The van der Waals surface area contributed by atoms with Crippen LogP contribution in [-0.4, -0.2) is 18.9 Å². The van der Waals surface area contributed by atoms with Gasteiger partial charge in [-0.2, -0.15) is 13.2 Å². The lowest BCUT2D eigenvalue weighted by Crippen LogP contribution is -2.19. The van der Waals surface area contributed by atoms with Crippen LogP contribution in [0.5, 0.6) is 0 Å². The Morgan fingerprint density at radius 1 is 1.00 bits per heavy atom. The summed E-state index contributed by atoms with van der Waals surface area (Å²) in [6.45, 7) is 0. The smallest absolute Gasteiger partial charge is 0.362 e. The highest BCUT2D eigenvalue weighted by molar-refractivity contribution is 6.38. The summed E-state index contributed by atoms with van der Waals surface area (Å²) in [6, 6.07) is 8.78. The summed E-state index contributed by atoms with van der Waals surface area (Å²) >= 11 is 0. The van der Waals surface area contributed by atoms with E-state index in [1.807, 2.05) is 0 Å². The van der Waals surface area contributed by atoms with E-state index in [1.54, 1.807) is 24.4 Å². The molecule has 0 saturated carbocycles. The number of aromatic nitrogens is 1. The van der Waals surface area contributed by atoms with Crippen molar-refractivity contribution in [2.24, 2.45) is 0 Å². The van der Waals surface area contributed by atoms with E-state index >= 15 is 0 Å². The zero-order chi connectivity index (χ0) is 17.3. The van der Waals surface area contributed by atoms with Gasteiger partial charge in [-0.1, -0.05) is 11.5 Å². The first-order valence-electron chi connectivity index (χ1n) is 6.95. The predicted octanol–water partition coefficient (Wildman–Crippen LogP) is 3.62. The van der Waals surface area contributed by atoms with E-state index in [4.69, 9.17) is 7.85 Å². The Bertz CT molecular complexity index is 888. The van der Waals surface area contributed by atoms with Gasteiger partial charge >= 0.3 is 12.2 Å². The average Bonchev–Trinajstić information content (AvgIpc) is 2.87. The average molecular weight is 329 g/mol. The summed E-state index contributed by atoms with van der Waals surface area (Å²) in [7, 11) is 5.76. The molecule has 2 radical (unpaired) electrons. The van der Waals surface area contributed by atoms with Crippen LogP contribution in [-0.2, 0) is 6.18 Å². The second kappa shape index (κ2) is 5.95. The first-order valence-corrected chi connectivity index (χ1v) is 6.95. The third kappa shape index (κ3) is 3.37. The van der Waals surface area contributed by atoms with Crippen molar-refractivity contribution in [1.29, 1.82) is 0 Å². The zero-order valence-electron chi connectivity index (χ0n) is 12.2. The van der Waals surface area contributed by atoms with Gasteiger partial charge in [0.15, 0.2) is 0 Å². The lowest BCUT2D eigenvalue weighted by atomic mass is 9.96. The SMILES string of the molecule is [B]c1c[nH]c2cc(NC(=O)Nc3ccc(C(F)(F)F)cc3)ccc12. The largest absolute Gasteiger partial charge is 0.416 e. The third-order valence-corrected chi connectivity index (χ3v) is 3.44. The molecule has 0 saturated heterocycles. The predicted molar refractivity (Wildman–Crippen MR) is 87.8 cm³/mol. The number of rotatable bonds is 2. The van der Waals surface area contributed by atoms with E-state index in [0.717, 1.165) is 23.0 Å². The normalized spacial score (nSPS) is 11.5. The highest BCUT2D eigenvalue weighted by Gasteiger charge is 2.29. The Morgan fingerprint density at radius 2 is 1.62 bits per heavy atom. The Morgan fingerprint density at radius 3 is 2.29 bits per heavy atom. The van der Waals surface area contributed by atoms with E-state index in [2.05, 4.69) is 15.6 Å². The molecule has 2 aromatic carbocycles. The van der Waals surface area contributed by atoms with Crippen molar-refractivity contribution in [3.63, 3.8) is 0 Å². The number of benzene rings is 2. The van der Waals surface area contributed by atoms with Crippen molar-refractivity contribution in [3.05, 3.63) is 54.2 Å². The molecule has 0 aliphatic carbocycles. The number of fused-ring (bicyclic) bond motifs is 1. The summed E-state index contributed by atoms with van der Waals surface area (Å²) in [5, 5.41) is 5.91. The van der Waals surface area contributed by atoms with Gasteiger partial charge in [-0.3, -0.25) is 0 Å². The van der Waals surface area contributed by atoms with Gasteiger partial charge in [0.2, 0.25) is 0 Å². The second-order valence-corrected chi connectivity index (χ2v) is 5.16. The molecule has 1 aromatic heterocycles. The molecule has 0 spiro atoms. The third-order valence-electron chi connectivity index (χ3n) is 3.44. The standard InChI is InChI=1S/C16H11BF3N3O/c17-13-8-21-14-7-11(5-6-12(13)14)23-15(24)22-10-3-1-9(2-4-10)16(18,19)20/h1-8,21H,(H2,22,23,24). The number of carbonyl (C=O) groups excluding carboxylic acids is 1. The van der Waals surface area contributed by atoms with Crippen molar-refractivity contribution in [2.45, 2.75) is 6.18 Å². The first-order chi connectivity index (χ1) is 11.3. The Kier molecular flexibility index (Phi) is 3.96. The highest BCUT2D eigenvalue weighted by atomic mass is 19.4. The molecule has 0 unspecified atom stereocenters. The number of hydrogen-bond donors (Lipinski definition) is 3. The highest BCUT2D eigenvalue weighted by Crippen LogP contribution is 2.29. The van der Waals surface area contributed by atoms with E-state index in [0.29, 0.717) is 11.2 Å². The van der Waals surface area contributed by atoms with Gasteiger partial charge in [0, 0.05) is 16.9 Å². The van der Waals surface area contributed by atoms with Gasteiger partial charge < -0.3 is 15.6 Å². The Labute approximate surface area is 136 Å². The maximum absolute atomic E-state index is 12.5.